The Labute approximate surface area is 209 Å². The number of fused-ring (bicyclic) bond motifs is 1. The molecule has 1 spiro atoms. The summed E-state index contributed by atoms with van der Waals surface area (Å²) in [6.45, 7) is 2.77. The van der Waals surface area contributed by atoms with Gasteiger partial charge in [0.05, 0.1) is 6.54 Å². The van der Waals surface area contributed by atoms with Crippen LogP contribution in [-0.4, -0.2) is 54.0 Å². The molecule has 8 nitrogen and oxygen atoms in total. The van der Waals surface area contributed by atoms with Gasteiger partial charge in [-0.2, -0.15) is 0 Å². The van der Waals surface area contributed by atoms with E-state index < -0.39 is 12.0 Å². The van der Waals surface area contributed by atoms with Gasteiger partial charge in [0.2, 0.25) is 12.3 Å². The maximum atomic E-state index is 13.6. The first-order valence-corrected chi connectivity index (χ1v) is 12.6. The van der Waals surface area contributed by atoms with Gasteiger partial charge in [0, 0.05) is 25.3 Å². The number of amides is 3. The Morgan fingerprint density at radius 3 is 2.72 bits per heavy atom. The summed E-state index contributed by atoms with van der Waals surface area (Å²) in [5.74, 6) is 0.263. The third-order valence-corrected chi connectivity index (χ3v) is 8.04. The van der Waals surface area contributed by atoms with Crippen LogP contribution in [0, 0.1) is 11.7 Å². The summed E-state index contributed by atoms with van der Waals surface area (Å²) >= 11 is 0. The molecule has 1 saturated carbocycles. The Kier molecular flexibility index (Phi) is 5.74. The van der Waals surface area contributed by atoms with Crippen LogP contribution in [0.3, 0.4) is 0 Å². The zero-order valence-electron chi connectivity index (χ0n) is 20.5. The lowest BCUT2D eigenvalue weighted by atomic mass is 9.93. The van der Waals surface area contributed by atoms with E-state index in [9.17, 15) is 14.0 Å². The Balaban J connectivity index is 1.17. The van der Waals surface area contributed by atoms with Crippen molar-refractivity contribution in [2.75, 3.05) is 18.9 Å². The van der Waals surface area contributed by atoms with Crippen molar-refractivity contribution in [1.29, 1.82) is 0 Å². The number of urea groups is 1. The van der Waals surface area contributed by atoms with Gasteiger partial charge < -0.3 is 25.0 Å². The number of halogens is 1. The number of carbonyl (C=O) groups excluding carboxylic acids is 2. The van der Waals surface area contributed by atoms with E-state index in [1.165, 1.54) is 12.1 Å². The van der Waals surface area contributed by atoms with Gasteiger partial charge in [0.25, 0.3) is 0 Å². The first kappa shape index (κ1) is 23.4. The first-order valence-electron chi connectivity index (χ1n) is 12.6. The van der Waals surface area contributed by atoms with Gasteiger partial charge in [0.15, 0.2) is 6.23 Å². The van der Waals surface area contributed by atoms with Crippen molar-refractivity contribution >= 4 is 17.6 Å². The zero-order chi connectivity index (χ0) is 25.0. The molecule has 2 N–H and O–H groups in total. The summed E-state index contributed by atoms with van der Waals surface area (Å²) in [5.41, 5.74) is 3.22. The fourth-order valence-electron chi connectivity index (χ4n) is 5.83. The van der Waals surface area contributed by atoms with Crippen molar-refractivity contribution in [3.63, 3.8) is 0 Å². The minimum Gasteiger partial charge on any atom is -0.341 e. The second-order valence-corrected chi connectivity index (χ2v) is 10.3. The van der Waals surface area contributed by atoms with Gasteiger partial charge in [-0.3, -0.25) is 4.79 Å². The van der Waals surface area contributed by atoms with Gasteiger partial charge in [-0.05, 0) is 79.5 Å². The van der Waals surface area contributed by atoms with Crippen molar-refractivity contribution < 1.29 is 23.5 Å². The second kappa shape index (κ2) is 8.83. The number of aryl methyl sites for hydroxylation is 1. The van der Waals surface area contributed by atoms with Crippen LogP contribution in [0.1, 0.15) is 42.9 Å². The van der Waals surface area contributed by atoms with Crippen molar-refractivity contribution in [2.45, 2.75) is 63.4 Å². The van der Waals surface area contributed by atoms with Crippen LogP contribution in [0.4, 0.5) is 14.9 Å². The zero-order valence-corrected chi connectivity index (χ0v) is 20.5. The van der Waals surface area contributed by atoms with Crippen LogP contribution in [0.5, 0.6) is 0 Å². The van der Waals surface area contributed by atoms with E-state index in [1.54, 1.807) is 19.2 Å². The number of benzene rings is 2. The number of ether oxygens (including phenoxy) is 2. The van der Waals surface area contributed by atoms with Crippen molar-refractivity contribution in [2.24, 2.45) is 5.92 Å². The molecule has 7 rings (SSSR count). The molecular weight excluding hydrogens is 463 g/mol. The Hall–Kier alpha value is -3.01. The molecule has 3 saturated heterocycles. The summed E-state index contributed by atoms with van der Waals surface area (Å²) in [6, 6.07) is 12.1. The number of anilines is 1. The monoisotopic (exact) mass is 494 g/mol. The smallest absolute Gasteiger partial charge is 0.318 e. The number of hydrogen-bond acceptors (Lipinski definition) is 5. The van der Waals surface area contributed by atoms with E-state index in [-0.39, 0.29) is 36.6 Å². The highest BCUT2D eigenvalue weighted by Crippen LogP contribution is 2.56. The van der Waals surface area contributed by atoms with Gasteiger partial charge in [-0.25, -0.2) is 14.1 Å². The molecule has 2 unspecified atom stereocenters. The molecule has 190 valence electrons. The Morgan fingerprint density at radius 2 is 2.00 bits per heavy atom. The molecule has 5 aliphatic rings. The van der Waals surface area contributed by atoms with Crippen LogP contribution in [0.15, 0.2) is 42.5 Å². The average Bonchev–Trinajstić information content (AvgIpc) is 3.49. The van der Waals surface area contributed by atoms with E-state index >= 15 is 0 Å². The molecule has 2 aliphatic carbocycles. The lowest BCUT2D eigenvalue weighted by Gasteiger charge is -2.41. The molecule has 4 fully saturated rings. The van der Waals surface area contributed by atoms with Crippen LogP contribution in [0.2, 0.25) is 0 Å². The molecule has 3 amide bonds. The average molecular weight is 495 g/mol. The predicted molar refractivity (Wildman–Crippen MR) is 130 cm³/mol. The van der Waals surface area contributed by atoms with Gasteiger partial charge in [0.1, 0.15) is 11.4 Å². The Bertz CT molecular complexity index is 1190. The van der Waals surface area contributed by atoms with E-state index in [2.05, 4.69) is 17.6 Å². The SMILES string of the molecule is CNC(=O)Nc1ccc2c(c1)CC[C@]21OC2OC1N2CC(=O)N(Cc1ccc(F)cc1)[C@H](C)C1CC1. The highest BCUT2D eigenvalue weighted by atomic mass is 19.1. The molecule has 2 bridgehead atoms. The van der Waals surface area contributed by atoms with E-state index in [1.807, 2.05) is 28.0 Å². The minimum absolute atomic E-state index is 0.0287. The quantitative estimate of drug-likeness (QED) is 0.616. The fraction of sp³-hybridized carbons (Fsp3) is 0.481. The third kappa shape index (κ3) is 3.95. The topological polar surface area (TPSA) is 83.1 Å². The maximum absolute atomic E-state index is 13.6. The van der Waals surface area contributed by atoms with Gasteiger partial charge >= 0.3 is 6.03 Å². The van der Waals surface area contributed by atoms with Crippen LogP contribution >= 0.6 is 0 Å². The van der Waals surface area contributed by atoms with Crippen molar-refractivity contribution in [3.8, 4) is 0 Å². The lowest BCUT2D eigenvalue weighted by Crippen LogP contribution is -2.59. The Morgan fingerprint density at radius 1 is 1.22 bits per heavy atom. The largest absolute Gasteiger partial charge is 0.341 e. The number of nitrogens with one attached hydrogen (secondary N) is 2. The summed E-state index contributed by atoms with van der Waals surface area (Å²) in [7, 11) is 1.58. The molecule has 0 radical (unpaired) electrons. The van der Waals surface area contributed by atoms with Gasteiger partial charge in [-0.15, -0.1) is 0 Å². The highest BCUT2D eigenvalue weighted by Gasteiger charge is 2.66. The standard InChI is InChI=1S/C27H31FN4O4/c1-16(18-5-6-18)31(14-17-3-7-20(28)8-4-17)23(33)15-32-24-27(36-26(32)35-24)12-11-19-13-21(9-10-22(19)27)30-25(34)29-2/h3-4,7-10,13,16,18,24,26H,5-6,11-12,14-15H2,1-2H3,(H2,29,30,34)/t16-,24?,26?,27+/m1/s1. The summed E-state index contributed by atoms with van der Waals surface area (Å²) in [5, 5.41) is 5.37. The number of carbonyl (C=O) groups is 2. The fourth-order valence-corrected chi connectivity index (χ4v) is 5.83. The first-order chi connectivity index (χ1) is 17.4. The summed E-state index contributed by atoms with van der Waals surface area (Å²) < 4.78 is 25.8. The highest BCUT2D eigenvalue weighted by molar-refractivity contribution is 5.89. The van der Waals surface area contributed by atoms with Crippen molar-refractivity contribution in [3.05, 3.63) is 65.0 Å². The molecule has 36 heavy (non-hydrogen) atoms. The molecule has 0 aromatic heterocycles. The van der Waals surface area contributed by atoms with Gasteiger partial charge in [-0.1, -0.05) is 18.2 Å². The molecule has 4 atom stereocenters. The second-order valence-electron chi connectivity index (χ2n) is 10.3. The minimum atomic E-state index is -0.601. The van der Waals surface area contributed by atoms with E-state index in [0.717, 1.165) is 48.1 Å². The number of hydrogen-bond donors (Lipinski definition) is 2. The maximum Gasteiger partial charge on any atom is 0.318 e. The normalized spacial score (nSPS) is 26.9. The number of rotatable bonds is 7. The summed E-state index contributed by atoms with van der Waals surface area (Å²) in [4.78, 5) is 29.2. The van der Waals surface area contributed by atoms with E-state index in [0.29, 0.717) is 12.5 Å². The molecule has 2 aromatic carbocycles. The lowest BCUT2D eigenvalue weighted by molar-refractivity contribution is -0.285. The molecule has 3 aliphatic heterocycles. The van der Waals surface area contributed by atoms with E-state index in [4.69, 9.17) is 9.47 Å². The molecular formula is C27H31FN4O4. The third-order valence-electron chi connectivity index (χ3n) is 8.04. The van der Waals surface area contributed by atoms with Crippen LogP contribution in [-0.2, 0) is 32.8 Å². The molecule has 3 heterocycles. The van der Waals surface area contributed by atoms with Crippen molar-refractivity contribution in [1.82, 2.24) is 15.1 Å². The molecule has 9 heteroatoms. The van der Waals surface area contributed by atoms with Crippen LogP contribution < -0.4 is 10.6 Å². The summed E-state index contributed by atoms with van der Waals surface area (Å²) in [6.07, 6.45) is 2.96. The molecule has 2 aromatic rings. The van der Waals surface area contributed by atoms with Crippen LogP contribution in [0.25, 0.3) is 0 Å². The number of nitrogens with zero attached hydrogens (tertiary/aromatic N) is 2. The predicted octanol–water partition coefficient (Wildman–Crippen LogP) is 3.52.